The molecule has 14 heavy (non-hydrogen) atoms. The van der Waals surface area contributed by atoms with Crippen LogP contribution < -0.4 is 11.5 Å². The molecule has 0 spiro atoms. The molecule has 1 aliphatic rings. The first kappa shape index (κ1) is 11.9. The minimum atomic E-state index is 0.736. The quantitative estimate of drug-likeness (QED) is 0.571. The zero-order valence-corrected chi connectivity index (χ0v) is 9.12. The van der Waals surface area contributed by atoms with Crippen molar-refractivity contribution < 1.29 is 0 Å². The molecule has 4 heteroatoms. The SMILES string of the molecule is NCCN(CCN)CCN1CCCC1. The van der Waals surface area contributed by atoms with Crippen LogP contribution in [0.4, 0.5) is 0 Å². The monoisotopic (exact) mass is 200 g/mol. The van der Waals surface area contributed by atoms with Crippen molar-refractivity contribution in [3.63, 3.8) is 0 Å². The molecule has 0 radical (unpaired) electrons. The summed E-state index contributed by atoms with van der Waals surface area (Å²) in [6.45, 7) is 8.28. The summed E-state index contributed by atoms with van der Waals surface area (Å²) in [5.41, 5.74) is 11.1. The van der Waals surface area contributed by atoms with Gasteiger partial charge in [0.2, 0.25) is 0 Å². The second-order valence-corrected chi connectivity index (χ2v) is 3.97. The van der Waals surface area contributed by atoms with Crippen LogP contribution in [0.25, 0.3) is 0 Å². The molecule has 0 bridgehead atoms. The highest BCUT2D eigenvalue weighted by Gasteiger charge is 2.12. The van der Waals surface area contributed by atoms with Gasteiger partial charge in [-0.05, 0) is 25.9 Å². The normalized spacial score (nSPS) is 18.2. The Balaban J connectivity index is 2.10. The fourth-order valence-corrected chi connectivity index (χ4v) is 1.99. The molecule has 1 rings (SSSR count). The summed E-state index contributed by atoms with van der Waals surface area (Å²) in [5, 5.41) is 0. The van der Waals surface area contributed by atoms with Crippen LogP contribution in [0.2, 0.25) is 0 Å². The van der Waals surface area contributed by atoms with Gasteiger partial charge in [-0.1, -0.05) is 0 Å². The van der Waals surface area contributed by atoms with Crippen LogP contribution in [0.15, 0.2) is 0 Å². The first-order valence-corrected chi connectivity index (χ1v) is 5.71. The zero-order valence-electron chi connectivity index (χ0n) is 9.12. The van der Waals surface area contributed by atoms with Gasteiger partial charge < -0.3 is 16.4 Å². The van der Waals surface area contributed by atoms with Gasteiger partial charge in [0.25, 0.3) is 0 Å². The Morgan fingerprint density at radius 2 is 1.50 bits per heavy atom. The molecule has 84 valence electrons. The molecule has 0 aromatic heterocycles. The summed E-state index contributed by atoms with van der Waals surface area (Å²) in [7, 11) is 0. The van der Waals surface area contributed by atoms with Gasteiger partial charge in [-0.15, -0.1) is 0 Å². The van der Waals surface area contributed by atoms with Gasteiger partial charge in [0.15, 0.2) is 0 Å². The Morgan fingerprint density at radius 1 is 0.929 bits per heavy atom. The number of rotatable bonds is 7. The molecule has 0 aromatic rings. The average molecular weight is 200 g/mol. The van der Waals surface area contributed by atoms with Crippen LogP contribution in [0.1, 0.15) is 12.8 Å². The highest BCUT2D eigenvalue weighted by molar-refractivity contribution is 4.68. The predicted octanol–water partition coefficient (Wildman–Crippen LogP) is -0.698. The van der Waals surface area contributed by atoms with Gasteiger partial charge in [0.1, 0.15) is 0 Å². The molecule has 4 N–H and O–H groups in total. The van der Waals surface area contributed by atoms with E-state index in [0.717, 1.165) is 32.7 Å². The molecule has 0 unspecified atom stereocenters. The third kappa shape index (κ3) is 4.37. The fraction of sp³-hybridized carbons (Fsp3) is 1.00. The van der Waals surface area contributed by atoms with E-state index in [1.807, 2.05) is 0 Å². The highest BCUT2D eigenvalue weighted by Crippen LogP contribution is 2.06. The third-order valence-electron chi connectivity index (χ3n) is 2.82. The van der Waals surface area contributed by atoms with Crippen molar-refractivity contribution in [1.82, 2.24) is 9.80 Å². The number of hydrogen-bond donors (Lipinski definition) is 2. The van der Waals surface area contributed by atoms with Crippen LogP contribution in [-0.4, -0.2) is 62.2 Å². The van der Waals surface area contributed by atoms with Crippen LogP contribution in [0.5, 0.6) is 0 Å². The van der Waals surface area contributed by atoms with Gasteiger partial charge in [-0.3, -0.25) is 4.90 Å². The van der Waals surface area contributed by atoms with Crippen molar-refractivity contribution in [2.45, 2.75) is 12.8 Å². The van der Waals surface area contributed by atoms with E-state index >= 15 is 0 Å². The molecular weight excluding hydrogens is 176 g/mol. The van der Waals surface area contributed by atoms with Crippen LogP contribution in [0, 0.1) is 0 Å². The summed E-state index contributed by atoms with van der Waals surface area (Å²) in [4.78, 5) is 4.89. The van der Waals surface area contributed by atoms with E-state index in [9.17, 15) is 0 Å². The topological polar surface area (TPSA) is 58.5 Å². The first-order valence-electron chi connectivity index (χ1n) is 5.71. The fourth-order valence-electron chi connectivity index (χ4n) is 1.99. The van der Waals surface area contributed by atoms with Crippen molar-refractivity contribution >= 4 is 0 Å². The number of hydrogen-bond acceptors (Lipinski definition) is 4. The standard InChI is InChI=1S/C10H24N4/c11-3-7-14(8-4-12)10-9-13-5-1-2-6-13/h1-12H2. The molecule has 0 atom stereocenters. The molecule has 0 aliphatic carbocycles. The van der Waals surface area contributed by atoms with Crippen LogP contribution in [-0.2, 0) is 0 Å². The maximum atomic E-state index is 5.55. The van der Waals surface area contributed by atoms with Crippen LogP contribution >= 0.6 is 0 Å². The van der Waals surface area contributed by atoms with Gasteiger partial charge >= 0.3 is 0 Å². The summed E-state index contributed by atoms with van der Waals surface area (Å²) in [5.74, 6) is 0. The minimum Gasteiger partial charge on any atom is -0.329 e. The van der Waals surface area contributed by atoms with Crippen molar-refractivity contribution in [1.29, 1.82) is 0 Å². The number of nitrogens with two attached hydrogens (primary N) is 2. The lowest BCUT2D eigenvalue weighted by atomic mass is 10.4. The second kappa shape index (κ2) is 7.17. The van der Waals surface area contributed by atoms with E-state index in [0.29, 0.717) is 0 Å². The van der Waals surface area contributed by atoms with Gasteiger partial charge in [0.05, 0.1) is 0 Å². The molecule has 1 fully saturated rings. The highest BCUT2D eigenvalue weighted by atomic mass is 15.2. The number of nitrogens with zero attached hydrogens (tertiary/aromatic N) is 2. The molecule has 0 saturated carbocycles. The van der Waals surface area contributed by atoms with Gasteiger partial charge in [-0.2, -0.15) is 0 Å². The van der Waals surface area contributed by atoms with E-state index < -0.39 is 0 Å². The smallest absolute Gasteiger partial charge is 0.0110 e. The summed E-state index contributed by atoms with van der Waals surface area (Å²) >= 11 is 0. The lowest BCUT2D eigenvalue weighted by molar-refractivity contribution is 0.233. The van der Waals surface area contributed by atoms with Crippen molar-refractivity contribution in [3.05, 3.63) is 0 Å². The molecule has 1 saturated heterocycles. The summed E-state index contributed by atoms with van der Waals surface area (Å²) in [6.07, 6.45) is 2.74. The lowest BCUT2D eigenvalue weighted by Crippen LogP contribution is -2.39. The van der Waals surface area contributed by atoms with Crippen molar-refractivity contribution in [2.24, 2.45) is 11.5 Å². The van der Waals surface area contributed by atoms with Gasteiger partial charge in [-0.25, -0.2) is 0 Å². The van der Waals surface area contributed by atoms with E-state index in [-0.39, 0.29) is 0 Å². The Kier molecular flexibility index (Phi) is 6.10. The Hall–Kier alpha value is -0.160. The maximum absolute atomic E-state index is 5.55. The van der Waals surface area contributed by atoms with Crippen LogP contribution in [0.3, 0.4) is 0 Å². The molecule has 4 nitrogen and oxygen atoms in total. The largest absolute Gasteiger partial charge is 0.329 e. The molecule has 1 aliphatic heterocycles. The molecule has 0 aromatic carbocycles. The van der Waals surface area contributed by atoms with Gasteiger partial charge in [0, 0.05) is 39.3 Å². The molecule has 0 amide bonds. The van der Waals surface area contributed by atoms with E-state index in [2.05, 4.69) is 9.80 Å². The lowest BCUT2D eigenvalue weighted by Gasteiger charge is -2.24. The average Bonchev–Trinajstić information content (AvgIpc) is 2.67. The third-order valence-corrected chi connectivity index (χ3v) is 2.82. The zero-order chi connectivity index (χ0) is 10.2. The Morgan fingerprint density at radius 3 is 2.00 bits per heavy atom. The summed E-state index contributed by atoms with van der Waals surface area (Å²) < 4.78 is 0. The second-order valence-electron chi connectivity index (χ2n) is 3.97. The maximum Gasteiger partial charge on any atom is 0.0110 e. The number of likely N-dealkylation sites (tertiary alicyclic amines) is 1. The Labute approximate surface area is 87.2 Å². The van der Waals surface area contributed by atoms with Crippen molar-refractivity contribution in [3.8, 4) is 0 Å². The molecule has 1 heterocycles. The van der Waals surface area contributed by atoms with E-state index in [1.54, 1.807) is 0 Å². The van der Waals surface area contributed by atoms with E-state index in [4.69, 9.17) is 11.5 Å². The van der Waals surface area contributed by atoms with Crippen molar-refractivity contribution in [2.75, 3.05) is 52.4 Å². The first-order chi connectivity index (χ1) is 6.86. The minimum absolute atomic E-state index is 0.736. The Bertz CT molecular complexity index is 128. The predicted molar refractivity (Wildman–Crippen MR) is 60.2 cm³/mol. The molecular formula is C10H24N4. The summed E-state index contributed by atoms with van der Waals surface area (Å²) in [6, 6.07) is 0. The van der Waals surface area contributed by atoms with E-state index in [1.165, 1.54) is 32.5 Å².